The maximum atomic E-state index is 14.7. The van der Waals surface area contributed by atoms with Crippen molar-refractivity contribution in [2.24, 2.45) is 22.7 Å². The molecule has 0 amide bonds. The molecule has 12 heteroatoms. The molecule has 4 atom stereocenters. The number of hydrogen-bond donors (Lipinski definition) is 0. The van der Waals surface area contributed by atoms with Crippen molar-refractivity contribution in [1.82, 2.24) is 39.0 Å². The fourth-order valence-corrected chi connectivity index (χ4v) is 9.73. The average molecular weight is 810 g/mol. The van der Waals surface area contributed by atoms with Gasteiger partial charge in [0.15, 0.2) is 11.3 Å². The van der Waals surface area contributed by atoms with Crippen LogP contribution >= 0.6 is 0 Å². The number of esters is 1. The van der Waals surface area contributed by atoms with Gasteiger partial charge in [0.25, 0.3) is 0 Å². The highest BCUT2D eigenvalue weighted by atomic mass is 16.5. The minimum atomic E-state index is -0.922. The van der Waals surface area contributed by atoms with Crippen LogP contribution in [-0.4, -0.2) is 51.2 Å². The molecule has 62 heavy (non-hydrogen) atoms. The third-order valence-corrected chi connectivity index (χ3v) is 12.6. The number of aromatic nitrogens is 8. The molecule has 1 aliphatic carbocycles. The van der Waals surface area contributed by atoms with E-state index in [-0.39, 0.29) is 28.9 Å². The van der Waals surface area contributed by atoms with Gasteiger partial charge in [0.1, 0.15) is 45.7 Å². The Kier molecular flexibility index (Phi) is 7.92. The minimum Gasteiger partial charge on any atom is -0.454 e. The van der Waals surface area contributed by atoms with Gasteiger partial charge in [-0.05, 0) is 67.3 Å². The topological polar surface area (TPSA) is 139 Å². The largest absolute Gasteiger partial charge is 0.454 e. The number of nitrogens with zero attached hydrogens (tertiary/aromatic N) is 9. The first-order chi connectivity index (χ1) is 30.5. The lowest BCUT2D eigenvalue weighted by atomic mass is 9.68. The summed E-state index contributed by atoms with van der Waals surface area (Å²) in [5.74, 6) is 0.350. The van der Waals surface area contributed by atoms with Crippen LogP contribution in [0.4, 0.5) is 5.69 Å². The molecular weight excluding hydrogens is 775 g/mol. The van der Waals surface area contributed by atoms with Gasteiger partial charge in [0, 0.05) is 65.0 Å². The monoisotopic (exact) mass is 809 g/mol. The smallest absolute Gasteiger partial charge is 0.347 e. The fraction of sp³-hybridized carbons (Fsp3) is 0.120. The zero-order chi connectivity index (χ0) is 41.5. The molecule has 298 valence electrons. The number of carbonyl (C=O) groups excluding carboxylic acids is 1. The molecule has 0 bridgehead atoms. The van der Waals surface area contributed by atoms with Crippen molar-refractivity contribution in [1.29, 1.82) is 0 Å². The van der Waals surface area contributed by atoms with E-state index in [1.54, 1.807) is 30.6 Å². The second-order valence-corrected chi connectivity index (χ2v) is 16.0. The molecule has 12 nitrogen and oxygen atoms in total. The Labute approximate surface area is 353 Å². The first-order valence-electron chi connectivity index (χ1n) is 20.5. The number of hydrogen-bond acceptors (Lipinski definition) is 10. The fourth-order valence-electron chi connectivity index (χ4n) is 9.73. The van der Waals surface area contributed by atoms with Crippen molar-refractivity contribution < 1.29 is 13.9 Å². The van der Waals surface area contributed by atoms with Gasteiger partial charge in [-0.15, -0.1) is 0 Å². The number of fused-ring (bicyclic) bond motifs is 9. The lowest BCUT2D eigenvalue weighted by Gasteiger charge is -2.43. The Morgan fingerprint density at radius 1 is 0.790 bits per heavy atom. The first-order valence-corrected chi connectivity index (χ1v) is 20.5. The number of carbonyl (C=O) groups is 1. The molecule has 8 aromatic heterocycles. The molecule has 0 spiro atoms. The van der Waals surface area contributed by atoms with Crippen LogP contribution in [0.15, 0.2) is 162 Å². The summed E-state index contributed by atoms with van der Waals surface area (Å²) in [6.07, 6.45) is 23.2. The van der Waals surface area contributed by atoms with Gasteiger partial charge >= 0.3 is 5.97 Å². The van der Waals surface area contributed by atoms with Crippen molar-refractivity contribution in [3.05, 3.63) is 164 Å². The van der Waals surface area contributed by atoms with Gasteiger partial charge in [-0.1, -0.05) is 67.6 Å². The van der Waals surface area contributed by atoms with Crippen LogP contribution in [0.5, 0.6) is 5.75 Å². The number of pyridine rings is 4. The van der Waals surface area contributed by atoms with E-state index in [1.807, 2.05) is 97.7 Å². The van der Waals surface area contributed by atoms with Gasteiger partial charge in [-0.3, -0.25) is 24.5 Å². The Morgan fingerprint density at radius 3 is 2.35 bits per heavy atom. The van der Waals surface area contributed by atoms with Crippen LogP contribution in [0, 0.1) is 17.8 Å². The first kappa shape index (κ1) is 35.8. The van der Waals surface area contributed by atoms with Gasteiger partial charge < -0.3 is 13.7 Å². The summed E-state index contributed by atoms with van der Waals surface area (Å²) in [6.45, 7) is 4.42. The van der Waals surface area contributed by atoms with E-state index < -0.39 is 11.5 Å². The SMILES string of the molecule is CC1C=CC=CC1C1C=Nc2c(oc3c(C(=O)Oc4ccccc4)cc(-c4ncnc5c4c4cnccc4n5-c4ccccc4)nc23)C1(C)n1c2ccncc2c2ccncc21. The molecule has 0 N–H and O–H groups in total. The Bertz CT molecular complexity index is 3480. The maximum absolute atomic E-state index is 14.7. The third kappa shape index (κ3) is 5.19. The minimum absolute atomic E-state index is 0.0389. The van der Waals surface area contributed by atoms with Crippen LogP contribution in [0.3, 0.4) is 0 Å². The second-order valence-electron chi connectivity index (χ2n) is 16.0. The van der Waals surface area contributed by atoms with E-state index in [1.165, 1.54) is 6.33 Å². The normalized spacial score (nSPS) is 19.5. The highest BCUT2D eigenvalue weighted by molar-refractivity contribution is 6.14. The summed E-state index contributed by atoms with van der Waals surface area (Å²) in [6, 6.07) is 26.8. The van der Waals surface area contributed by atoms with Crippen molar-refractivity contribution in [3.8, 4) is 22.8 Å². The van der Waals surface area contributed by atoms with Gasteiger partial charge in [0.2, 0.25) is 0 Å². The Morgan fingerprint density at radius 2 is 1.53 bits per heavy atom. The van der Waals surface area contributed by atoms with E-state index in [9.17, 15) is 4.79 Å². The van der Waals surface area contributed by atoms with Crippen LogP contribution in [0.1, 0.15) is 30.0 Å². The predicted molar refractivity (Wildman–Crippen MR) is 239 cm³/mol. The summed E-state index contributed by atoms with van der Waals surface area (Å²) < 4.78 is 17.6. The van der Waals surface area contributed by atoms with Crippen LogP contribution in [0.25, 0.3) is 71.9 Å². The van der Waals surface area contributed by atoms with E-state index in [2.05, 4.69) is 62.2 Å². The molecule has 12 rings (SSSR count). The van der Waals surface area contributed by atoms with Crippen molar-refractivity contribution >= 4 is 72.7 Å². The lowest BCUT2D eigenvalue weighted by Crippen LogP contribution is -2.46. The third-order valence-electron chi connectivity index (χ3n) is 12.6. The lowest BCUT2D eigenvalue weighted by molar-refractivity contribution is 0.0735. The number of allylic oxidation sites excluding steroid dienone is 4. The number of rotatable bonds is 6. The van der Waals surface area contributed by atoms with Gasteiger partial charge in [-0.2, -0.15) is 0 Å². The van der Waals surface area contributed by atoms with Crippen molar-refractivity contribution in [2.45, 2.75) is 19.4 Å². The summed E-state index contributed by atoms with van der Waals surface area (Å²) in [5, 5.41) is 3.57. The number of furan rings is 1. The maximum Gasteiger partial charge on any atom is 0.347 e. The average Bonchev–Trinajstić information content (AvgIpc) is 3.99. The molecule has 9 heterocycles. The predicted octanol–water partition coefficient (Wildman–Crippen LogP) is 10.4. The zero-order valence-corrected chi connectivity index (χ0v) is 33.5. The van der Waals surface area contributed by atoms with Crippen molar-refractivity contribution in [3.63, 3.8) is 0 Å². The van der Waals surface area contributed by atoms with Gasteiger partial charge in [0.05, 0.1) is 33.8 Å². The van der Waals surface area contributed by atoms with Crippen LogP contribution < -0.4 is 4.74 Å². The highest BCUT2D eigenvalue weighted by Gasteiger charge is 2.50. The second kappa shape index (κ2) is 13.7. The highest BCUT2D eigenvalue weighted by Crippen LogP contribution is 2.54. The van der Waals surface area contributed by atoms with E-state index in [4.69, 9.17) is 29.1 Å². The van der Waals surface area contributed by atoms with E-state index in [0.29, 0.717) is 39.7 Å². The molecule has 0 radical (unpaired) electrons. The Hall–Kier alpha value is -8.12. The summed E-state index contributed by atoms with van der Waals surface area (Å²) in [5.41, 5.74) is 5.75. The quantitative estimate of drug-likeness (QED) is 0.119. The Balaban J connectivity index is 1.16. The summed E-state index contributed by atoms with van der Waals surface area (Å²) in [4.78, 5) is 48.6. The molecule has 1 aliphatic heterocycles. The summed E-state index contributed by atoms with van der Waals surface area (Å²) >= 11 is 0. The number of ether oxygens (including phenoxy) is 1. The number of benzene rings is 2. The number of aliphatic imine (C=N–C) groups is 1. The molecule has 0 fully saturated rings. The molecule has 2 aliphatic rings. The van der Waals surface area contributed by atoms with E-state index in [0.717, 1.165) is 43.8 Å². The zero-order valence-electron chi connectivity index (χ0n) is 33.5. The molecule has 4 unspecified atom stereocenters. The van der Waals surface area contributed by atoms with E-state index >= 15 is 0 Å². The molecule has 0 saturated heterocycles. The molecular formula is C50H35N9O3. The molecule has 0 saturated carbocycles. The number of para-hydroxylation sites is 2. The molecule has 2 aromatic carbocycles. The van der Waals surface area contributed by atoms with Gasteiger partial charge in [-0.25, -0.2) is 19.7 Å². The van der Waals surface area contributed by atoms with Crippen molar-refractivity contribution in [2.75, 3.05) is 0 Å². The standard InChI is InChI=1S/C50H35N9O3/c1-29-11-9-10-16-32(29)37-26-54-45-44-46(62-47(45)50(37,2)59-40-19-22-51-24-35(40)33-17-20-53-27-41(33)59)34(49(60)61-31-14-7-4-8-15-31)23-38(57-44)43-42-36-25-52-21-18-39(36)58(48(42)56-28-55-43)30-12-5-3-6-13-30/h3-29,32,37H,1-2H3. The van der Waals surface area contributed by atoms with Crippen LogP contribution in [-0.2, 0) is 5.54 Å². The molecule has 10 aromatic rings. The summed E-state index contributed by atoms with van der Waals surface area (Å²) in [7, 11) is 0. The van der Waals surface area contributed by atoms with Crippen LogP contribution in [0.2, 0.25) is 0 Å².